The third kappa shape index (κ3) is 4.41. The minimum Gasteiger partial charge on any atom is -0.383 e. The van der Waals surface area contributed by atoms with E-state index in [2.05, 4.69) is 10.3 Å². The van der Waals surface area contributed by atoms with Gasteiger partial charge in [0.15, 0.2) is 22.8 Å². The van der Waals surface area contributed by atoms with Gasteiger partial charge in [-0.1, -0.05) is 6.92 Å². The smallest absolute Gasteiger partial charge is 0.333 e. The van der Waals surface area contributed by atoms with E-state index in [-0.39, 0.29) is 16.9 Å². The van der Waals surface area contributed by atoms with Gasteiger partial charge in [-0.3, -0.25) is 14.2 Å². The Kier molecular flexibility index (Phi) is 6.64. The number of fused-ring (bicyclic) bond motifs is 1. The predicted octanol–water partition coefficient (Wildman–Crippen LogP) is 1.64. The Morgan fingerprint density at radius 2 is 1.87 bits per heavy atom. The summed E-state index contributed by atoms with van der Waals surface area (Å²) in [6, 6.07) is 2.87. The number of hydrogen-bond acceptors (Lipinski definition) is 5. The molecule has 2 aromatic heterocycles. The van der Waals surface area contributed by atoms with Crippen LogP contribution in [-0.2, 0) is 29.2 Å². The fraction of sp³-hybridized carbons (Fsp3) is 0.400. The maximum Gasteiger partial charge on any atom is 0.333 e. The quantitative estimate of drug-likeness (QED) is 0.580. The number of methoxy groups -OCH3 is 1. The third-order valence-electron chi connectivity index (χ3n) is 4.78. The van der Waals surface area contributed by atoms with Crippen molar-refractivity contribution in [3.8, 4) is 0 Å². The molecule has 0 saturated heterocycles. The molecular weight excluding hydrogens is 412 g/mol. The number of ether oxygens (including phenoxy) is 1. The van der Waals surface area contributed by atoms with E-state index in [0.29, 0.717) is 31.9 Å². The van der Waals surface area contributed by atoms with Gasteiger partial charge in [-0.05, 0) is 25.5 Å². The van der Waals surface area contributed by atoms with Crippen molar-refractivity contribution in [2.24, 2.45) is 0 Å². The van der Waals surface area contributed by atoms with Gasteiger partial charge in [-0.15, -0.1) is 0 Å². The molecule has 1 aromatic carbocycles. The zero-order valence-electron chi connectivity index (χ0n) is 17.4. The molecule has 0 fully saturated rings. The van der Waals surface area contributed by atoms with Gasteiger partial charge in [-0.2, -0.15) is 0 Å². The largest absolute Gasteiger partial charge is 0.383 e. The van der Waals surface area contributed by atoms with Crippen LogP contribution in [-0.4, -0.2) is 38.3 Å². The van der Waals surface area contributed by atoms with Crippen molar-refractivity contribution < 1.29 is 18.3 Å². The first-order valence-corrected chi connectivity index (χ1v) is 9.72. The van der Waals surface area contributed by atoms with Gasteiger partial charge in [0.1, 0.15) is 12.4 Å². The summed E-state index contributed by atoms with van der Waals surface area (Å²) in [7, 11) is 1.53. The molecule has 0 radical (unpaired) electrons. The van der Waals surface area contributed by atoms with Crippen LogP contribution in [0.25, 0.3) is 11.2 Å². The number of amides is 1. The van der Waals surface area contributed by atoms with Crippen LogP contribution in [0.1, 0.15) is 19.2 Å². The molecule has 0 aliphatic rings. The molecule has 0 atom stereocenters. The summed E-state index contributed by atoms with van der Waals surface area (Å²) in [5.74, 6) is -2.37. The third-order valence-corrected chi connectivity index (χ3v) is 4.78. The standard InChI is InChI=1S/C20H23F2N5O4/c1-4-7-26-18-17(25(8-9-31-3)12(2)23-18)19(29)27(20(26)30)11-16(28)24-13-5-6-14(21)15(22)10-13/h5-6,10H,4,7-9,11H2,1-3H3,(H,24,28). The van der Waals surface area contributed by atoms with Gasteiger partial charge in [0.25, 0.3) is 5.56 Å². The summed E-state index contributed by atoms with van der Waals surface area (Å²) in [5.41, 5.74) is -0.875. The molecule has 1 amide bonds. The van der Waals surface area contributed by atoms with Crippen LogP contribution in [0.5, 0.6) is 0 Å². The number of aryl methyl sites for hydroxylation is 2. The lowest BCUT2D eigenvalue weighted by molar-refractivity contribution is -0.116. The zero-order chi connectivity index (χ0) is 22.7. The van der Waals surface area contributed by atoms with Crippen molar-refractivity contribution in [3.63, 3.8) is 0 Å². The van der Waals surface area contributed by atoms with E-state index < -0.39 is 35.3 Å². The monoisotopic (exact) mass is 435 g/mol. The van der Waals surface area contributed by atoms with E-state index in [1.807, 2.05) is 6.92 Å². The maximum atomic E-state index is 13.4. The summed E-state index contributed by atoms with van der Waals surface area (Å²) in [4.78, 5) is 43.0. The van der Waals surface area contributed by atoms with E-state index in [9.17, 15) is 23.2 Å². The fourth-order valence-electron chi connectivity index (χ4n) is 3.34. The number of carbonyl (C=O) groups is 1. The van der Waals surface area contributed by atoms with Crippen LogP contribution in [0.15, 0.2) is 27.8 Å². The van der Waals surface area contributed by atoms with Crippen LogP contribution in [0.4, 0.5) is 14.5 Å². The van der Waals surface area contributed by atoms with Crippen LogP contribution < -0.4 is 16.6 Å². The van der Waals surface area contributed by atoms with Crippen LogP contribution in [0, 0.1) is 18.6 Å². The molecule has 166 valence electrons. The van der Waals surface area contributed by atoms with E-state index >= 15 is 0 Å². The van der Waals surface area contributed by atoms with Crippen molar-refractivity contribution in [1.29, 1.82) is 0 Å². The highest BCUT2D eigenvalue weighted by Crippen LogP contribution is 2.14. The molecule has 3 aromatic rings. The number of anilines is 1. The first-order chi connectivity index (χ1) is 14.8. The number of imidazole rings is 1. The second-order valence-electron chi connectivity index (χ2n) is 6.98. The van der Waals surface area contributed by atoms with Gasteiger partial charge in [-0.25, -0.2) is 23.1 Å². The summed E-state index contributed by atoms with van der Waals surface area (Å²) in [5, 5.41) is 2.37. The molecule has 1 N–H and O–H groups in total. The second kappa shape index (κ2) is 9.21. The summed E-state index contributed by atoms with van der Waals surface area (Å²) in [6.45, 7) is 3.98. The van der Waals surface area contributed by atoms with Gasteiger partial charge >= 0.3 is 5.69 Å². The normalized spacial score (nSPS) is 11.3. The molecule has 2 heterocycles. The lowest BCUT2D eigenvalue weighted by atomic mass is 10.3. The highest BCUT2D eigenvalue weighted by Gasteiger charge is 2.21. The lowest BCUT2D eigenvalue weighted by Gasteiger charge is -2.12. The van der Waals surface area contributed by atoms with Gasteiger partial charge < -0.3 is 14.6 Å². The van der Waals surface area contributed by atoms with Crippen LogP contribution >= 0.6 is 0 Å². The lowest BCUT2D eigenvalue weighted by Crippen LogP contribution is -2.43. The minimum absolute atomic E-state index is 0.00731. The Balaban J connectivity index is 2.06. The summed E-state index contributed by atoms with van der Waals surface area (Å²) < 4.78 is 35.4. The van der Waals surface area contributed by atoms with Gasteiger partial charge in [0.05, 0.1) is 6.61 Å². The second-order valence-corrected chi connectivity index (χ2v) is 6.98. The number of rotatable bonds is 8. The Labute approximate surface area is 175 Å². The first-order valence-electron chi connectivity index (χ1n) is 9.72. The number of nitrogens with zero attached hydrogens (tertiary/aromatic N) is 4. The minimum atomic E-state index is -1.13. The van der Waals surface area contributed by atoms with E-state index in [4.69, 9.17) is 4.74 Å². The van der Waals surface area contributed by atoms with E-state index in [0.717, 1.165) is 16.7 Å². The molecule has 31 heavy (non-hydrogen) atoms. The molecule has 9 nitrogen and oxygen atoms in total. The molecular formula is C20H23F2N5O4. The molecule has 0 aliphatic heterocycles. The molecule has 0 bridgehead atoms. The molecule has 11 heteroatoms. The predicted molar refractivity (Wildman–Crippen MR) is 110 cm³/mol. The van der Waals surface area contributed by atoms with Crippen LogP contribution in [0.2, 0.25) is 0 Å². The SMILES string of the molecule is CCCn1c(=O)n(CC(=O)Nc2ccc(F)c(F)c2)c(=O)c2c1nc(C)n2CCOC. The number of carbonyl (C=O) groups excluding carboxylic acids is 1. The Morgan fingerprint density at radius 1 is 1.13 bits per heavy atom. The average molecular weight is 435 g/mol. The van der Waals surface area contributed by atoms with Gasteiger partial charge in [0, 0.05) is 32.0 Å². The summed E-state index contributed by atoms with van der Waals surface area (Å²) >= 11 is 0. The van der Waals surface area contributed by atoms with E-state index in [1.54, 1.807) is 11.5 Å². The van der Waals surface area contributed by atoms with Crippen LogP contribution in [0.3, 0.4) is 0 Å². The highest BCUT2D eigenvalue weighted by atomic mass is 19.2. The maximum absolute atomic E-state index is 13.4. The Morgan fingerprint density at radius 3 is 2.52 bits per heavy atom. The van der Waals surface area contributed by atoms with Gasteiger partial charge in [0.2, 0.25) is 5.91 Å². The van der Waals surface area contributed by atoms with Crippen molar-refractivity contribution in [1.82, 2.24) is 18.7 Å². The first kappa shape index (κ1) is 22.3. The molecule has 0 saturated carbocycles. The summed E-state index contributed by atoms with van der Waals surface area (Å²) in [6.07, 6.45) is 0.609. The van der Waals surface area contributed by atoms with Crippen molar-refractivity contribution >= 4 is 22.8 Å². The topological polar surface area (TPSA) is 100 Å². The number of halogens is 2. The highest BCUT2D eigenvalue weighted by molar-refractivity contribution is 5.90. The Bertz CT molecular complexity index is 1250. The molecule has 0 aliphatic carbocycles. The molecule has 0 unspecified atom stereocenters. The Hall–Kier alpha value is -3.34. The molecule has 3 rings (SSSR count). The number of aromatic nitrogens is 4. The van der Waals surface area contributed by atoms with E-state index in [1.165, 1.54) is 17.7 Å². The number of hydrogen-bond donors (Lipinski definition) is 1. The number of nitrogens with one attached hydrogen (secondary N) is 1. The average Bonchev–Trinajstić information content (AvgIpc) is 3.05. The number of benzene rings is 1. The van der Waals surface area contributed by atoms with Crippen molar-refractivity contribution in [3.05, 3.63) is 56.5 Å². The molecule has 0 spiro atoms. The van der Waals surface area contributed by atoms with Crippen molar-refractivity contribution in [2.75, 3.05) is 19.0 Å². The fourth-order valence-corrected chi connectivity index (χ4v) is 3.34. The van der Waals surface area contributed by atoms with Crippen molar-refractivity contribution in [2.45, 2.75) is 39.9 Å². The zero-order valence-corrected chi connectivity index (χ0v) is 17.4.